The minimum absolute atomic E-state index is 0.225. The molecule has 0 atom stereocenters. The number of rotatable bonds is 2. The molecule has 0 fully saturated rings. The summed E-state index contributed by atoms with van der Waals surface area (Å²) in [5, 5.41) is 2.04. The Morgan fingerprint density at radius 3 is 2.63 bits per heavy atom. The lowest BCUT2D eigenvalue weighted by atomic mass is 9.99. The number of benzene rings is 3. The summed E-state index contributed by atoms with van der Waals surface area (Å²) in [6.45, 7) is -2.27. The lowest BCUT2D eigenvalue weighted by Gasteiger charge is -2.09. The van der Waals surface area contributed by atoms with Crippen molar-refractivity contribution in [2.24, 2.45) is 0 Å². The van der Waals surface area contributed by atoms with Crippen LogP contribution in [0, 0.1) is 12.7 Å². The molecule has 0 unspecified atom stereocenters. The van der Waals surface area contributed by atoms with E-state index in [1.54, 1.807) is 12.1 Å². The molecule has 2 heterocycles. The molecule has 0 saturated carbocycles. The fourth-order valence-corrected chi connectivity index (χ4v) is 4.68. The number of hydrogen-bond acceptors (Lipinski definition) is 2. The molecule has 130 valence electrons. The third-order valence-corrected chi connectivity index (χ3v) is 5.93. The zero-order valence-corrected chi connectivity index (χ0v) is 15.1. The molecule has 27 heavy (non-hydrogen) atoms. The van der Waals surface area contributed by atoms with Crippen molar-refractivity contribution in [2.45, 2.75) is 6.85 Å². The van der Waals surface area contributed by atoms with E-state index in [1.165, 1.54) is 23.6 Å². The van der Waals surface area contributed by atoms with Crippen LogP contribution in [0.3, 0.4) is 0 Å². The predicted octanol–water partition coefficient (Wildman–Crippen LogP) is 7.23. The largest absolute Gasteiger partial charge is 0.256 e. The normalized spacial score (nSPS) is 13.4. The van der Waals surface area contributed by atoms with Crippen molar-refractivity contribution in [2.75, 3.05) is 0 Å². The summed E-state index contributed by atoms with van der Waals surface area (Å²) in [6, 6.07) is 22.1. The van der Waals surface area contributed by atoms with Gasteiger partial charge in [0.05, 0.1) is 5.69 Å². The first-order valence-corrected chi connectivity index (χ1v) is 9.40. The Morgan fingerprint density at radius 2 is 1.78 bits per heavy atom. The van der Waals surface area contributed by atoms with Crippen molar-refractivity contribution in [3.8, 4) is 22.4 Å². The summed E-state index contributed by atoms with van der Waals surface area (Å²) in [5.41, 5.74) is 3.30. The summed E-state index contributed by atoms with van der Waals surface area (Å²) in [7, 11) is 0. The van der Waals surface area contributed by atoms with Gasteiger partial charge in [-0.3, -0.25) is 4.98 Å². The van der Waals surface area contributed by atoms with Crippen molar-refractivity contribution in [1.29, 1.82) is 0 Å². The standard InChI is InChI=1S/C24H16FNS/c1-15-14-26-22(13-21(15)16-6-3-2-4-7-16)20-9-5-8-19-18-11-10-17(25)12-23(18)27-24(19)20/h2-14H,1H3/i1D3. The minimum atomic E-state index is -2.27. The van der Waals surface area contributed by atoms with Crippen molar-refractivity contribution in [1.82, 2.24) is 4.98 Å². The van der Waals surface area contributed by atoms with Gasteiger partial charge in [0.2, 0.25) is 0 Å². The maximum Gasteiger partial charge on any atom is 0.124 e. The molecule has 5 aromatic rings. The van der Waals surface area contributed by atoms with Gasteiger partial charge in [-0.2, -0.15) is 0 Å². The van der Waals surface area contributed by atoms with Crippen LogP contribution in [-0.4, -0.2) is 4.98 Å². The molecule has 3 aromatic carbocycles. The van der Waals surface area contributed by atoms with Gasteiger partial charge in [0.15, 0.2) is 0 Å². The molecule has 1 nitrogen and oxygen atoms in total. The highest BCUT2D eigenvalue weighted by atomic mass is 32.1. The summed E-state index contributed by atoms with van der Waals surface area (Å²) < 4.78 is 39.4. The summed E-state index contributed by atoms with van der Waals surface area (Å²) >= 11 is 1.52. The minimum Gasteiger partial charge on any atom is -0.256 e. The lowest BCUT2D eigenvalue weighted by molar-refractivity contribution is 0.630. The van der Waals surface area contributed by atoms with E-state index in [4.69, 9.17) is 4.11 Å². The molecule has 0 spiro atoms. The van der Waals surface area contributed by atoms with E-state index in [-0.39, 0.29) is 11.4 Å². The number of fused-ring (bicyclic) bond motifs is 3. The van der Waals surface area contributed by atoms with Crippen LogP contribution in [0.2, 0.25) is 0 Å². The van der Waals surface area contributed by atoms with Gasteiger partial charge in [0, 0.05) is 36.0 Å². The van der Waals surface area contributed by atoms with Crippen LogP contribution in [0.5, 0.6) is 0 Å². The Morgan fingerprint density at radius 1 is 0.889 bits per heavy atom. The summed E-state index contributed by atoms with van der Waals surface area (Å²) in [6.07, 6.45) is 1.45. The first-order chi connectivity index (χ1) is 14.4. The fraction of sp³-hybridized carbons (Fsp3) is 0.0417. The smallest absolute Gasteiger partial charge is 0.124 e. The Kier molecular flexibility index (Phi) is 3.07. The Bertz CT molecular complexity index is 1390. The number of thiophene rings is 1. The monoisotopic (exact) mass is 372 g/mol. The number of aryl methyl sites for hydroxylation is 1. The average Bonchev–Trinajstić information content (AvgIpc) is 3.11. The highest BCUT2D eigenvalue weighted by Gasteiger charge is 2.13. The molecule has 0 radical (unpaired) electrons. The SMILES string of the molecule is [2H]C([2H])([2H])c1cnc(-c2cccc3c2sc2cc(F)ccc23)cc1-c1ccccc1. The van der Waals surface area contributed by atoms with Crippen molar-refractivity contribution in [3.63, 3.8) is 0 Å². The van der Waals surface area contributed by atoms with Gasteiger partial charge in [0.25, 0.3) is 0 Å². The summed E-state index contributed by atoms with van der Waals surface area (Å²) in [4.78, 5) is 4.51. The third kappa shape index (κ3) is 2.71. The van der Waals surface area contributed by atoms with Crippen molar-refractivity contribution in [3.05, 3.63) is 90.4 Å². The lowest BCUT2D eigenvalue weighted by Crippen LogP contribution is -1.89. The van der Waals surface area contributed by atoms with Crippen LogP contribution in [0.15, 0.2) is 79.0 Å². The average molecular weight is 372 g/mol. The predicted molar refractivity (Wildman–Crippen MR) is 113 cm³/mol. The molecule has 5 rings (SSSR count). The van der Waals surface area contributed by atoms with Gasteiger partial charge in [-0.05, 0) is 41.7 Å². The molecular formula is C24H16FNS. The van der Waals surface area contributed by atoms with E-state index in [0.29, 0.717) is 11.3 Å². The molecule has 0 N–H and O–H groups in total. The first kappa shape index (κ1) is 13.2. The number of pyridine rings is 1. The molecule has 0 aliphatic heterocycles. The van der Waals surface area contributed by atoms with Gasteiger partial charge in [-0.1, -0.05) is 54.6 Å². The molecule has 0 aliphatic carbocycles. The quantitative estimate of drug-likeness (QED) is 0.318. The zero-order chi connectivity index (χ0) is 20.9. The van der Waals surface area contributed by atoms with E-state index >= 15 is 0 Å². The van der Waals surface area contributed by atoms with Crippen molar-refractivity contribution < 1.29 is 8.50 Å². The van der Waals surface area contributed by atoms with Gasteiger partial charge >= 0.3 is 0 Å². The molecule has 0 amide bonds. The second-order valence-corrected chi connectivity index (χ2v) is 7.46. The zero-order valence-electron chi connectivity index (χ0n) is 17.2. The van der Waals surface area contributed by atoms with Gasteiger partial charge in [0.1, 0.15) is 5.82 Å². The number of nitrogens with zero attached hydrogens (tertiary/aromatic N) is 1. The molecule has 0 aliphatic rings. The first-order valence-electron chi connectivity index (χ1n) is 10.1. The number of hydrogen-bond donors (Lipinski definition) is 0. The second-order valence-electron chi connectivity index (χ2n) is 6.41. The van der Waals surface area contributed by atoms with Crippen LogP contribution in [0.1, 0.15) is 9.68 Å². The highest BCUT2D eigenvalue weighted by molar-refractivity contribution is 7.26. The van der Waals surface area contributed by atoms with Gasteiger partial charge in [-0.15, -0.1) is 11.3 Å². The van der Waals surface area contributed by atoms with E-state index in [0.717, 1.165) is 31.3 Å². The summed E-state index contributed by atoms with van der Waals surface area (Å²) in [5.74, 6) is -0.262. The maximum absolute atomic E-state index is 13.7. The molecule has 2 aromatic heterocycles. The van der Waals surface area contributed by atoms with E-state index in [9.17, 15) is 4.39 Å². The topological polar surface area (TPSA) is 12.9 Å². The molecule has 0 saturated heterocycles. The number of aromatic nitrogens is 1. The van der Waals surface area contributed by atoms with E-state index in [2.05, 4.69) is 4.98 Å². The maximum atomic E-state index is 13.7. The molecular weight excluding hydrogens is 353 g/mol. The van der Waals surface area contributed by atoms with E-state index < -0.39 is 6.85 Å². The van der Waals surface area contributed by atoms with Gasteiger partial charge in [-0.25, -0.2) is 4.39 Å². The molecule has 3 heteroatoms. The van der Waals surface area contributed by atoms with Gasteiger partial charge < -0.3 is 0 Å². The second kappa shape index (κ2) is 6.29. The Labute approximate surface area is 165 Å². The Hall–Kier alpha value is -3.04. The molecule has 0 bridgehead atoms. The van der Waals surface area contributed by atoms with Crippen LogP contribution >= 0.6 is 11.3 Å². The van der Waals surface area contributed by atoms with Crippen molar-refractivity contribution >= 4 is 31.5 Å². The third-order valence-electron chi connectivity index (χ3n) is 4.73. The Balaban J connectivity index is 1.77. The fourth-order valence-electron chi connectivity index (χ4n) is 3.43. The van der Waals surface area contributed by atoms with Crippen LogP contribution in [0.4, 0.5) is 4.39 Å². The van der Waals surface area contributed by atoms with Crippen LogP contribution in [0.25, 0.3) is 42.6 Å². The number of halogens is 1. The van der Waals surface area contributed by atoms with Crippen LogP contribution in [-0.2, 0) is 0 Å². The highest BCUT2D eigenvalue weighted by Crippen LogP contribution is 2.40. The van der Waals surface area contributed by atoms with Crippen LogP contribution < -0.4 is 0 Å². The van der Waals surface area contributed by atoms with E-state index in [1.807, 2.05) is 54.6 Å².